The predicted octanol–water partition coefficient (Wildman–Crippen LogP) is 7.74. The van der Waals surface area contributed by atoms with Gasteiger partial charge in [-0.3, -0.25) is 5.41 Å². The number of halogens is 6. The molecule has 0 atom stereocenters. The van der Waals surface area contributed by atoms with Gasteiger partial charge in [-0.05, 0) is 48.0 Å². The van der Waals surface area contributed by atoms with Gasteiger partial charge in [0.1, 0.15) is 16.7 Å². The highest BCUT2D eigenvalue weighted by Crippen LogP contribution is 2.38. The highest BCUT2D eigenvalue weighted by atomic mass is 35.5. The summed E-state index contributed by atoms with van der Waals surface area (Å²) in [6, 6.07) is 13.3. The Hall–Kier alpha value is -4.51. The quantitative estimate of drug-likeness (QED) is 0.119. The van der Waals surface area contributed by atoms with Crippen molar-refractivity contribution in [2.24, 2.45) is 0 Å². The molecule has 0 aliphatic carbocycles. The lowest BCUT2D eigenvalue weighted by Crippen LogP contribution is -2.24. The van der Waals surface area contributed by atoms with E-state index in [-0.39, 0.29) is 27.8 Å². The Morgan fingerprint density at radius 3 is 2.45 bits per heavy atom. The van der Waals surface area contributed by atoms with Crippen LogP contribution in [0.4, 0.5) is 39.1 Å². The van der Waals surface area contributed by atoms with Crippen LogP contribution in [0.2, 0.25) is 5.15 Å². The van der Waals surface area contributed by atoms with Gasteiger partial charge in [0, 0.05) is 34.1 Å². The monoisotopic (exact) mass is 543 g/mol. The molecule has 0 fully saturated rings. The molecule has 0 saturated carbocycles. The highest BCUT2D eigenvalue weighted by Gasteiger charge is 2.37. The SMILES string of the molecule is N=C(c1ccc(-c2ccc(-c3cccnc3Cl)cc2F)c(F)c1Nc1ccc2onc(N)c2c1)C(F)(F)F. The zero-order chi connectivity index (χ0) is 27.2. The number of anilines is 3. The molecular formula is C26H15ClF5N5O. The van der Waals surface area contributed by atoms with Crippen LogP contribution in [0.25, 0.3) is 33.2 Å². The molecule has 0 amide bonds. The Morgan fingerprint density at radius 2 is 1.74 bits per heavy atom. The lowest BCUT2D eigenvalue weighted by atomic mass is 9.96. The lowest BCUT2D eigenvalue weighted by molar-refractivity contribution is -0.0587. The Kier molecular flexibility index (Phi) is 6.23. The van der Waals surface area contributed by atoms with Crippen molar-refractivity contribution < 1.29 is 26.5 Å². The van der Waals surface area contributed by atoms with Gasteiger partial charge in [-0.2, -0.15) is 13.2 Å². The van der Waals surface area contributed by atoms with Crippen molar-refractivity contribution in [3.63, 3.8) is 0 Å². The van der Waals surface area contributed by atoms with E-state index in [2.05, 4.69) is 15.5 Å². The largest absolute Gasteiger partial charge is 0.433 e. The van der Waals surface area contributed by atoms with Crippen LogP contribution in [0.3, 0.4) is 0 Å². The first-order valence-electron chi connectivity index (χ1n) is 10.9. The van der Waals surface area contributed by atoms with Gasteiger partial charge < -0.3 is 15.6 Å². The molecule has 0 unspecified atom stereocenters. The summed E-state index contributed by atoms with van der Waals surface area (Å²) >= 11 is 6.08. The number of rotatable bonds is 5. The molecule has 0 aliphatic rings. The summed E-state index contributed by atoms with van der Waals surface area (Å²) in [5.41, 5.74) is 3.26. The maximum Gasteiger partial charge on any atom is 0.433 e. The van der Waals surface area contributed by atoms with Gasteiger partial charge in [0.15, 0.2) is 17.2 Å². The second-order valence-corrected chi connectivity index (χ2v) is 8.52. The van der Waals surface area contributed by atoms with E-state index in [9.17, 15) is 13.2 Å². The first kappa shape index (κ1) is 25.2. The summed E-state index contributed by atoms with van der Waals surface area (Å²) < 4.78 is 76.4. The van der Waals surface area contributed by atoms with Gasteiger partial charge in [0.05, 0.1) is 11.1 Å². The smallest absolute Gasteiger partial charge is 0.380 e. The molecule has 2 aromatic heterocycles. The molecule has 0 aliphatic heterocycles. The molecule has 6 nitrogen and oxygen atoms in total. The minimum absolute atomic E-state index is 0.0250. The van der Waals surface area contributed by atoms with Crippen molar-refractivity contribution in [2.45, 2.75) is 6.18 Å². The van der Waals surface area contributed by atoms with Crippen LogP contribution in [-0.4, -0.2) is 22.0 Å². The molecule has 5 aromatic rings. The third-order valence-corrected chi connectivity index (χ3v) is 6.09. The van der Waals surface area contributed by atoms with Crippen molar-refractivity contribution in [2.75, 3.05) is 11.1 Å². The van der Waals surface area contributed by atoms with E-state index in [1.807, 2.05) is 0 Å². The summed E-state index contributed by atoms with van der Waals surface area (Å²) in [6.07, 6.45) is -3.60. The molecular weight excluding hydrogens is 529 g/mol. The number of nitrogen functional groups attached to an aromatic ring is 1. The van der Waals surface area contributed by atoms with Gasteiger partial charge in [0.25, 0.3) is 0 Å². The van der Waals surface area contributed by atoms with E-state index < -0.39 is 34.8 Å². The van der Waals surface area contributed by atoms with Gasteiger partial charge in [-0.15, -0.1) is 0 Å². The number of nitrogens with two attached hydrogens (primary N) is 1. The van der Waals surface area contributed by atoms with Crippen LogP contribution in [0.15, 0.2) is 71.4 Å². The van der Waals surface area contributed by atoms with Gasteiger partial charge in [-0.1, -0.05) is 35.0 Å². The minimum atomic E-state index is -5.07. The van der Waals surface area contributed by atoms with E-state index in [0.717, 1.165) is 18.2 Å². The molecule has 4 N–H and O–H groups in total. The molecule has 192 valence electrons. The molecule has 0 spiro atoms. The molecule has 0 bridgehead atoms. The average Bonchev–Trinajstić information content (AvgIpc) is 3.25. The van der Waals surface area contributed by atoms with E-state index in [1.165, 1.54) is 36.5 Å². The molecule has 0 saturated heterocycles. The number of alkyl halides is 3. The fourth-order valence-corrected chi connectivity index (χ4v) is 4.18. The minimum Gasteiger partial charge on any atom is -0.380 e. The number of aromatic nitrogens is 2. The van der Waals surface area contributed by atoms with E-state index >= 15 is 8.78 Å². The third kappa shape index (κ3) is 4.52. The van der Waals surface area contributed by atoms with Crippen molar-refractivity contribution in [1.29, 1.82) is 5.41 Å². The van der Waals surface area contributed by atoms with Crippen LogP contribution < -0.4 is 11.1 Å². The first-order chi connectivity index (χ1) is 18.0. The van der Waals surface area contributed by atoms with Crippen molar-refractivity contribution >= 4 is 45.5 Å². The summed E-state index contributed by atoms with van der Waals surface area (Å²) in [5, 5.41) is 14.3. The summed E-state index contributed by atoms with van der Waals surface area (Å²) in [7, 11) is 0. The van der Waals surface area contributed by atoms with E-state index in [1.54, 1.807) is 12.1 Å². The molecule has 38 heavy (non-hydrogen) atoms. The number of hydrogen-bond donors (Lipinski definition) is 3. The standard InChI is InChI=1S/C26H15ClF5N5O/c27-24-14(2-1-9-35-24)12-3-5-15(19(28)10-12)16-6-7-17(23(33)26(30,31)32)22(21(16)29)36-13-4-8-20-18(11-13)25(34)37-38-20/h1-11,33,36H,(H2,34,37). The van der Waals surface area contributed by atoms with Crippen molar-refractivity contribution in [3.8, 4) is 22.3 Å². The topological polar surface area (TPSA) is 101 Å². The normalized spacial score (nSPS) is 11.6. The Morgan fingerprint density at radius 1 is 0.974 bits per heavy atom. The van der Waals surface area contributed by atoms with Crippen LogP contribution in [0.5, 0.6) is 0 Å². The Labute approximate surface area is 216 Å². The maximum absolute atomic E-state index is 15.9. The van der Waals surface area contributed by atoms with E-state index in [4.69, 9.17) is 27.3 Å². The van der Waals surface area contributed by atoms with Gasteiger partial charge >= 0.3 is 6.18 Å². The van der Waals surface area contributed by atoms with Gasteiger partial charge in [0.2, 0.25) is 0 Å². The lowest BCUT2D eigenvalue weighted by Gasteiger charge is -2.18. The van der Waals surface area contributed by atoms with Crippen LogP contribution in [-0.2, 0) is 0 Å². The summed E-state index contributed by atoms with van der Waals surface area (Å²) in [4.78, 5) is 3.94. The average molecular weight is 544 g/mol. The van der Waals surface area contributed by atoms with Crippen LogP contribution in [0, 0.1) is 17.0 Å². The molecule has 2 heterocycles. The predicted molar refractivity (Wildman–Crippen MR) is 135 cm³/mol. The maximum atomic E-state index is 15.9. The van der Waals surface area contributed by atoms with Crippen LogP contribution in [0.1, 0.15) is 5.56 Å². The van der Waals surface area contributed by atoms with E-state index in [0.29, 0.717) is 22.1 Å². The van der Waals surface area contributed by atoms with Crippen LogP contribution >= 0.6 is 11.6 Å². The summed E-state index contributed by atoms with van der Waals surface area (Å²) in [6.45, 7) is 0. The molecule has 0 radical (unpaired) electrons. The first-order valence-corrected chi connectivity index (χ1v) is 11.2. The fourth-order valence-electron chi connectivity index (χ4n) is 3.95. The molecule has 12 heteroatoms. The number of hydrogen-bond acceptors (Lipinski definition) is 6. The fraction of sp³-hybridized carbons (Fsp3) is 0.0385. The number of fused-ring (bicyclic) bond motifs is 1. The Bertz CT molecular complexity index is 1720. The Balaban J connectivity index is 1.63. The molecule has 3 aromatic carbocycles. The highest BCUT2D eigenvalue weighted by molar-refractivity contribution is 6.32. The number of benzene rings is 3. The van der Waals surface area contributed by atoms with Crippen molar-refractivity contribution in [3.05, 3.63) is 89.2 Å². The summed E-state index contributed by atoms with van der Waals surface area (Å²) in [5.74, 6) is -2.01. The number of nitrogens with zero attached hydrogens (tertiary/aromatic N) is 2. The second kappa shape index (κ2) is 9.42. The third-order valence-electron chi connectivity index (χ3n) is 5.79. The zero-order valence-electron chi connectivity index (χ0n) is 19.0. The zero-order valence-corrected chi connectivity index (χ0v) is 19.8. The van der Waals surface area contributed by atoms with Crippen molar-refractivity contribution in [1.82, 2.24) is 10.1 Å². The second-order valence-electron chi connectivity index (χ2n) is 8.16. The number of pyridine rings is 1. The van der Waals surface area contributed by atoms with Gasteiger partial charge in [-0.25, -0.2) is 13.8 Å². The molecule has 5 rings (SSSR count). The number of nitrogens with one attached hydrogen (secondary N) is 2.